The molecule has 17 heavy (non-hydrogen) atoms. The number of fused-ring (bicyclic) bond motifs is 1. The van der Waals surface area contributed by atoms with Gasteiger partial charge in [-0.05, 0) is 47.5 Å². The van der Waals surface area contributed by atoms with Gasteiger partial charge in [0.05, 0.1) is 10.9 Å². The third-order valence-electron chi connectivity index (χ3n) is 2.61. The summed E-state index contributed by atoms with van der Waals surface area (Å²) in [6.07, 6.45) is 0. The Kier molecular flexibility index (Phi) is 2.79. The molecule has 0 atom stereocenters. The SMILES string of the molecule is CC(=O)c1ccc2oc(=O)c(Br)c(C)c2c1O. The predicted octanol–water partition coefficient (Wildman–Crippen LogP) is 2.77. The summed E-state index contributed by atoms with van der Waals surface area (Å²) in [5.41, 5.74) is 0.515. The van der Waals surface area contributed by atoms with E-state index >= 15 is 0 Å². The predicted molar refractivity (Wildman–Crippen MR) is 66.6 cm³/mol. The number of ketones is 1. The molecular formula is C12H9BrO4. The Morgan fingerprint density at radius 2 is 2.06 bits per heavy atom. The number of hydrogen-bond acceptors (Lipinski definition) is 4. The van der Waals surface area contributed by atoms with Crippen LogP contribution in [0.1, 0.15) is 22.8 Å². The molecule has 1 heterocycles. The summed E-state index contributed by atoms with van der Waals surface area (Å²) < 4.78 is 5.27. The van der Waals surface area contributed by atoms with Crippen molar-refractivity contribution < 1.29 is 14.3 Å². The van der Waals surface area contributed by atoms with Crippen molar-refractivity contribution in [3.63, 3.8) is 0 Å². The quantitative estimate of drug-likeness (QED) is 0.649. The maximum Gasteiger partial charge on any atom is 0.350 e. The van der Waals surface area contributed by atoms with Crippen molar-refractivity contribution in [2.24, 2.45) is 0 Å². The molecule has 0 amide bonds. The van der Waals surface area contributed by atoms with E-state index in [1.807, 2.05) is 0 Å². The van der Waals surface area contributed by atoms with Crippen LogP contribution in [0, 0.1) is 6.92 Å². The number of Topliss-reactive ketones (excluding diaryl/α,β-unsaturated/α-hetero) is 1. The van der Waals surface area contributed by atoms with Crippen molar-refractivity contribution in [1.82, 2.24) is 0 Å². The molecule has 0 aliphatic carbocycles. The van der Waals surface area contributed by atoms with E-state index in [9.17, 15) is 14.7 Å². The molecule has 0 aliphatic heterocycles. The molecule has 1 aromatic carbocycles. The van der Waals surface area contributed by atoms with E-state index in [1.54, 1.807) is 6.92 Å². The average molecular weight is 297 g/mol. The highest BCUT2D eigenvalue weighted by Gasteiger charge is 2.16. The van der Waals surface area contributed by atoms with Gasteiger partial charge < -0.3 is 9.52 Å². The molecule has 4 nitrogen and oxygen atoms in total. The summed E-state index contributed by atoms with van der Waals surface area (Å²) in [6, 6.07) is 2.95. The highest BCUT2D eigenvalue weighted by atomic mass is 79.9. The van der Waals surface area contributed by atoms with Crippen LogP contribution < -0.4 is 5.63 Å². The summed E-state index contributed by atoms with van der Waals surface area (Å²) in [6.45, 7) is 3.04. The van der Waals surface area contributed by atoms with E-state index < -0.39 is 5.63 Å². The number of benzene rings is 1. The van der Waals surface area contributed by atoms with Crippen molar-refractivity contribution >= 4 is 32.7 Å². The van der Waals surface area contributed by atoms with Crippen LogP contribution >= 0.6 is 15.9 Å². The maximum atomic E-state index is 11.4. The van der Waals surface area contributed by atoms with Gasteiger partial charge in [-0.2, -0.15) is 0 Å². The number of halogens is 1. The zero-order valence-electron chi connectivity index (χ0n) is 9.20. The maximum absolute atomic E-state index is 11.4. The second-order valence-electron chi connectivity index (χ2n) is 3.72. The topological polar surface area (TPSA) is 67.5 Å². The van der Waals surface area contributed by atoms with Crippen LogP contribution in [-0.2, 0) is 0 Å². The molecule has 0 fully saturated rings. The van der Waals surface area contributed by atoms with Crippen molar-refractivity contribution in [1.29, 1.82) is 0 Å². The number of hydrogen-bond donors (Lipinski definition) is 1. The van der Waals surface area contributed by atoms with Gasteiger partial charge in [-0.1, -0.05) is 0 Å². The first-order valence-corrected chi connectivity index (χ1v) is 5.68. The highest BCUT2D eigenvalue weighted by Crippen LogP contribution is 2.33. The van der Waals surface area contributed by atoms with E-state index in [1.165, 1.54) is 19.1 Å². The van der Waals surface area contributed by atoms with Crippen LogP contribution in [0.5, 0.6) is 5.75 Å². The lowest BCUT2D eigenvalue weighted by molar-refractivity contribution is 0.101. The van der Waals surface area contributed by atoms with E-state index in [0.717, 1.165) is 0 Å². The van der Waals surface area contributed by atoms with Gasteiger partial charge in [0.1, 0.15) is 15.8 Å². The lowest BCUT2D eigenvalue weighted by atomic mass is 10.0. The average Bonchev–Trinajstić information content (AvgIpc) is 2.25. The Hall–Kier alpha value is -1.62. The van der Waals surface area contributed by atoms with Crippen LogP contribution in [0.3, 0.4) is 0 Å². The van der Waals surface area contributed by atoms with E-state index in [-0.39, 0.29) is 27.2 Å². The summed E-state index contributed by atoms with van der Waals surface area (Å²) in [5.74, 6) is -0.400. The molecule has 2 aromatic rings. The number of carbonyl (C=O) groups excluding carboxylic acids is 1. The minimum absolute atomic E-state index is 0.156. The fourth-order valence-corrected chi connectivity index (χ4v) is 1.99. The van der Waals surface area contributed by atoms with Crippen LogP contribution in [0.2, 0.25) is 0 Å². The Bertz CT molecular complexity index is 685. The van der Waals surface area contributed by atoms with Gasteiger partial charge in [-0.25, -0.2) is 4.79 Å². The summed E-state index contributed by atoms with van der Waals surface area (Å²) >= 11 is 3.09. The second kappa shape index (κ2) is 4.00. The molecular weight excluding hydrogens is 288 g/mol. The standard InChI is InChI=1S/C12H9BrO4/c1-5-9-8(17-12(16)10(5)13)4-3-7(6(2)14)11(9)15/h3-4,15H,1-2H3. The van der Waals surface area contributed by atoms with Crippen molar-refractivity contribution in [2.75, 3.05) is 0 Å². The highest BCUT2D eigenvalue weighted by molar-refractivity contribution is 9.10. The van der Waals surface area contributed by atoms with Crippen LogP contribution in [0.15, 0.2) is 25.8 Å². The van der Waals surface area contributed by atoms with Gasteiger partial charge in [0.15, 0.2) is 5.78 Å². The fourth-order valence-electron chi connectivity index (χ4n) is 1.71. The van der Waals surface area contributed by atoms with Crippen LogP contribution in [0.4, 0.5) is 0 Å². The van der Waals surface area contributed by atoms with E-state index in [2.05, 4.69) is 15.9 Å². The van der Waals surface area contributed by atoms with Gasteiger partial charge in [0.25, 0.3) is 0 Å². The minimum atomic E-state index is -0.509. The lowest BCUT2D eigenvalue weighted by Crippen LogP contribution is -2.03. The Morgan fingerprint density at radius 1 is 1.41 bits per heavy atom. The van der Waals surface area contributed by atoms with Gasteiger partial charge in [0, 0.05) is 0 Å². The smallest absolute Gasteiger partial charge is 0.350 e. The monoisotopic (exact) mass is 296 g/mol. The summed E-state index contributed by atoms with van der Waals surface area (Å²) in [5, 5.41) is 10.4. The Morgan fingerprint density at radius 3 is 2.65 bits per heavy atom. The third-order valence-corrected chi connectivity index (χ3v) is 3.52. The summed E-state index contributed by atoms with van der Waals surface area (Å²) in [7, 11) is 0. The number of carbonyl (C=O) groups is 1. The molecule has 0 radical (unpaired) electrons. The molecule has 0 aliphatic rings. The first-order chi connectivity index (χ1) is 7.93. The number of rotatable bonds is 1. The number of aryl methyl sites for hydroxylation is 1. The van der Waals surface area contributed by atoms with Gasteiger partial charge >= 0.3 is 5.63 Å². The van der Waals surface area contributed by atoms with Gasteiger partial charge in [-0.3, -0.25) is 4.79 Å². The number of phenols is 1. The number of aromatic hydroxyl groups is 1. The second-order valence-corrected chi connectivity index (χ2v) is 4.51. The van der Waals surface area contributed by atoms with Crippen molar-refractivity contribution in [3.05, 3.63) is 38.2 Å². The Labute approximate surface area is 105 Å². The lowest BCUT2D eigenvalue weighted by Gasteiger charge is -2.07. The first kappa shape index (κ1) is 11.9. The fraction of sp³-hybridized carbons (Fsp3) is 0.167. The van der Waals surface area contributed by atoms with E-state index in [4.69, 9.17) is 4.42 Å². The molecule has 88 valence electrons. The molecule has 0 saturated carbocycles. The molecule has 1 aromatic heterocycles. The largest absolute Gasteiger partial charge is 0.506 e. The van der Waals surface area contributed by atoms with Crippen molar-refractivity contribution in [2.45, 2.75) is 13.8 Å². The van der Waals surface area contributed by atoms with Crippen LogP contribution in [0.25, 0.3) is 11.0 Å². The molecule has 1 N–H and O–H groups in total. The number of phenolic OH excluding ortho intramolecular Hbond substituents is 1. The third kappa shape index (κ3) is 1.76. The summed E-state index contributed by atoms with van der Waals surface area (Å²) in [4.78, 5) is 22.7. The minimum Gasteiger partial charge on any atom is -0.506 e. The van der Waals surface area contributed by atoms with Gasteiger partial charge in [-0.15, -0.1) is 0 Å². The zero-order chi connectivity index (χ0) is 12.7. The van der Waals surface area contributed by atoms with Crippen LogP contribution in [-0.4, -0.2) is 10.9 Å². The first-order valence-electron chi connectivity index (χ1n) is 4.89. The molecule has 2 rings (SSSR count). The van der Waals surface area contributed by atoms with Crippen molar-refractivity contribution in [3.8, 4) is 5.75 Å². The molecule has 5 heteroatoms. The molecule has 0 bridgehead atoms. The van der Waals surface area contributed by atoms with Gasteiger partial charge in [0.2, 0.25) is 0 Å². The molecule has 0 unspecified atom stereocenters. The van der Waals surface area contributed by atoms with E-state index in [0.29, 0.717) is 10.9 Å². The zero-order valence-corrected chi connectivity index (χ0v) is 10.8. The molecule has 0 spiro atoms. The molecule has 0 saturated heterocycles. The Balaban J connectivity index is 3.00. The normalized spacial score (nSPS) is 10.8.